The molecule has 29 heavy (non-hydrogen) atoms. The molecule has 1 aromatic heterocycles. The van der Waals surface area contributed by atoms with Gasteiger partial charge in [-0.3, -0.25) is 9.59 Å². The lowest BCUT2D eigenvalue weighted by Crippen LogP contribution is -2.14. The number of carbonyl (C=O) groups excluding carboxylic acids is 3. The van der Waals surface area contributed by atoms with Crippen molar-refractivity contribution in [1.29, 1.82) is 0 Å². The number of ether oxygens (including phenoxy) is 1. The molecular formula is C23H24N2O4. The van der Waals surface area contributed by atoms with Gasteiger partial charge in [0, 0.05) is 34.3 Å². The molecule has 0 saturated heterocycles. The summed E-state index contributed by atoms with van der Waals surface area (Å²) in [5.41, 5.74) is 4.54. The summed E-state index contributed by atoms with van der Waals surface area (Å²) < 4.78 is 5.20. The Morgan fingerprint density at radius 2 is 1.69 bits per heavy atom. The van der Waals surface area contributed by atoms with Gasteiger partial charge in [0.1, 0.15) is 0 Å². The summed E-state index contributed by atoms with van der Waals surface area (Å²) in [6, 6.07) is 11.8. The van der Waals surface area contributed by atoms with Gasteiger partial charge in [-0.05, 0) is 68.3 Å². The van der Waals surface area contributed by atoms with Crippen molar-refractivity contribution in [2.75, 3.05) is 11.9 Å². The predicted molar refractivity (Wildman–Crippen MR) is 112 cm³/mol. The van der Waals surface area contributed by atoms with Crippen molar-refractivity contribution < 1.29 is 19.1 Å². The minimum Gasteiger partial charge on any atom is -0.454 e. The van der Waals surface area contributed by atoms with E-state index >= 15 is 0 Å². The maximum atomic E-state index is 12.3. The summed E-state index contributed by atoms with van der Waals surface area (Å²) >= 11 is 0. The summed E-state index contributed by atoms with van der Waals surface area (Å²) in [6.45, 7) is 5.55. The number of hydrogen-bond acceptors (Lipinski definition) is 4. The standard InChI is InChI=1S/C23H24N2O4/c1-4-5-22(27)25-18-9-6-16(7-10-18)21(26)13-29-23(28)17-8-11-20-19(12-17)14(2)15(3)24-20/h6-12,24H,4-5,13H2,1-3H3,(H,25,27). The number of ketones is 1. The van der Waals surface area contributed by atoms with Crippen LogP contribution >= 0.6 is 0 Å². The number of H-pyrrole nitrogens is 1. The first-order chi connectivity index (χ1) is 13.9. The summed E-state index contributed by atoms with van der Waals surface area (Å²) in [5, 5.41) is 3.73. The van der Waals surface area contributed by atoms with Gasteiger partial charge in [-0.2, -0.15) is 0 Å². The lowest BCUT2D eigenvalue weighted by molar-refractivity contribution is -0.116. The van der Waals surface area contributed by atoms with Crippen molar-refractivity contribution in [2.45, 2.75) is 33.6 Å². The number of aryl methyl sites for hydroxylation is 2. The maximum Gasteiger partial charge on any atom is 0.338 e. The molecule has 2 aromatic carbocycles. The number of aromatic amines is 1. The molecule has 2 N–H and O–H groups in total. The number of esters is 1. The van der Waals surface area contributed by atoms with Crippen LogP contribution in [0.5, 0.6) is 0 Å². The molecule has 0 saturated carbocycles. The first kappa shape index (κ1) is 20.3. The van der Waals surface area contributed by atoms with Crippen molar-refractivity contribution in [2.24, 2.45) is 0 Å². The van der Waals surface area contributed by atoms with Gasteiger partial charge in [0.05, 0.1) is 5.56 Å². The second-order valence-electron chi connectivity index (χ2n) is 7.01. The minimum atomic E-state index is -0.540. The average molecular weight is 392 g/mol. The van der Waals surface area contributed by atoms with E-state index in [1.807, 2.05) is 26.8 Å². The highest BCUT2D eigenvalue weighted by molar-refractivity contribution is 6.01. The number of rotatable bonds is 7. The summed E-state index contributed by atoms with van der Waals surface area (Å²) in [7, 11) is 0. The van der Waals surface area contributed by atoms with Crippen LogP contribution in [-0.4, -0.2) is 29.3 Å². The SMILES string of the molecule is CCCC(=O)Nc1ccc(C(=O)COC(=O)c2ccc3[nH]c(C)c(C)c3c2)cc1. The van der Waals surface area contributed by atoms with Crippen LogP contribution in [0, 0.1) is 13.8 Å². The number of anilines is 1. The van der Waals surface area contributed by atoms with E-state index in [1.165, 1.54) is 0 Å². The van der Waals surface area contributed by atoms with Crippen molar-refractivity contribution in [3.63, 3.8) is 0 Å². The highest BCUT2D eigenvalue weighted by atomic mass is 16.5. The molecule has 3 aromatic rings. The van der Waals surface area contributed by atoms with Crippen LogP contribution in [0.4, 0.5) is 5.69 Å². The van der Waals surface area contributed by atoms with Crippen LogP contribution in [0.25, 0.3) is 10.9 Å². The molecular weight excluding hydrogens is 368 g/mol. The lowest BCUT2D eigenvalue weighted by Gasteiger charge is -2.07. The molecule has 0 spiro atoms. The third-order valence-corrected chi connectivity index (χ3v) is 4.85. The van der Waals surface area contributed by atoms with Gasteiger partial charge >= 0.3 is 5.97 Å². The van der Waals surface area contributed by atoms with Crippen LogP contribution in [0.1, 0.15) is 51.7 Å². The zero-order valence-corrected chi connectivity index (χ0v) is 16.8. The maximum absolute atomic E-state index is 12.3. The first-order valence-electron chi connectivity index (χ1n) is 9.58. The average Bonchev–Trinajstić information content (AvgIpc) is 3.00. The fraction of sp³-hybridized carbons (Fsp3) is 0.261. The van der Waals surface area contributed by atoms with Gasteiger partial charge in [-0.15, -0.1) is 0 Å². The van der Waals surface area contributed by atoms with E-state index in [0.29, 0.717) is 23.2 Å². The number of amides is 1. The molecule has 0 aliphatic carbocycles. The number of fused-ring (bicyclic) bond motifs is 1. The second kappa shape index (κ2) is 8.73. The highest BCUT2D eigenvalue weighted by Gasteiger charge is 2.14. The van der Waals surface area contributed by atoms with Gasteiger partial charge < -0.3 is 15.0 Å². The fourth-order valence-electron chi connectivity index (χ4n) is 3.08. The van der Waals surface area contributed by atoms with Gasteiger partial charge in [-0.1, -0.05) is 6.92 Å². The van der Waals surface area contributed by atoms with Crippen molar-refractivity contribution in [3.05, 3.63) is 64.8 Å². The number of hydrogen-bond donors (Lipinski definition) is 2. The first-order valence-corrected chi connectivity index (χ1v) is 9.58. The van der Waals surface area contributed by atoms with E-state index in [9.17, 15) is 14.4 Å². The molecule has 6 nitrogen and oxygen atoms in total. The van der Waals surface area contributed by atoms with Gasteiger partial charge in [-0.25, -0.2) is 4.79 Å². The summed E-state index contributed by atoms with van der Waals surface area (Å²) in [4.78, 5) is 39.5. The fourth-order valence-corrected chi connectivity index (χ4v) is 3.08. The third kappa shape index (κ3) is 4.71. The van der Waals surface area contributed by atoms with Crippen molar-refractivity contribution >= 4 is 34.3 Å². The van der Waals surface area contributed by atoms with Crippen molar-refractivity contribution in [1.82, 2.24) is 4.98 Å². The van der Waals surface area contributed by atoms with E-state index in [2.05, 4.69) is 10.3 Å². The predicted octanol–water partition coefficient (Wildman–Crippen LogP) is 4.56. The third-order valence-electron chi connectivity index (χ3n) is 4.85. The Morgan fingerprint density at radius 3 is 2.38 bits per heavy atom. The van der Waals surface area contributed by atoms with E-state index in [-0.39, 0.29) is 18.3 Å². The van der Waals surface area contributed by atoms with Crippen LogP contribution in [0.3, 0.4) is 0 Å². The quantitative estimate of drug-likeness (QED) is 0.456. The molecule has 0 unspecified atom stereocenters. The highest BCUT2D eigenvalue weighted by Crippen LogP contribution is 2.22. The lowest BCUT2D eigenvalue weighted by atomic mass is 10.1. The van der Waals surface area contributed by atoms with Crippen LogP contribution in [0.2, 0.25) is 0 Å². The van der Waals surface area contributed by atoms with Gasteiger partial charge in [0.25, 0.3) is 0 Å². The molecule has 0 radical (unpaired) electrons. The zero-order chi connectivity index (χ0) is 21.0. The molecule has 0 atom stereocenters. The second-order valence-corrected chi connectivity index (χ2v) is 7.01. The summed E-state index contributed by atoms with van der Waals surface area (Å²) in [6.07, 6.45) is 1.22. The molecule has 0 aliphatic rings. The molecule has 3 rings (SSSR count). The minimum absolute atomic E-state index is 0.0645. The van der Waals surface area contributed by atoms with E-state index in [4.69, 9.17) is 4.74 Å². The Morgan fingerprint density at radius 1 is 1.00 bits per heavy atom. The van der Waals surface area contributed by atoms with Crippen LogP contribution in [0.15, 0.2) is 42.5 Å². The number of benzene rings is 2. The van der Waals surface area contributed by atoms with E-state index in [0.717, 1.165) is 28.6 Å². The number of nitrogens with one attached hydrogen (secondary N) is 2. The Kier molecular flexibility index (Phi) is 6.12. The van der Waals surface area contributed by atoms with Crippen molar-refractivity contribution in [3.8, 4) is 0 Å². The Labute approximate surface area is 169 Å². The molecule has 150 valence electrons. The summed E-state index contributed by atoms with van der Waals surface area (Å²) in [5.74, 6) is -0.910. The van der Waals surface area contributed by atoms with Gasteiger partial charge in [0.15, 0.2) is 12.4 Å². The normalized spacial score (nSPS) is 10.7. The number of carbonyl (C=O) groups is 3. The number of aromatic nitrogens is 1. The smallest absolute Gasteiger partial charge is 0.338 e. The molecule has 1 amide bonds. The molecule has 0 aliphatic heterocycles. The van der Waals surface area contributed by atoms with Gasteiger partial charge in [0.2, 0.25) is 5.91 Å². The number of Topliss-reactive ketones (excluding diaryl/α,β-unsaturated/α-hetero) is 1. The monoisotopic (exact) mass is 392 g/mol. The molecule has 0 fully saturated rings. The zero-order valence-electron chi connectivity index (χ0n) is 16.8. The topological polar surface area (TPSA) is 88.3 Å². The van der Waals surface area contributed by atoms with E-state index in [1.54, 1.807) is 36.4 Å². The Hall–Kier alpha value is -3.41. The molecule has 0 bridgehead atoms. The Bertz CT molecular complexity index is 1060. The Balaban J connectivity index is 1.60. The van der Waals surface area contributed by atoms with Crippen LogP contribution < -0.4 is 5.32 Å². The van der Waals surface area contributed by atoms with Crippen LogP contribution in [-0.2, 0) is 9.53 Å². The molecule has 6 heteroatoms. The largest absolute Gasteiger partial charge is 0.454 e. The van der Waals surface area contributed by atoms with E-state index < -0.39 is 5.97 Å². The molecule has 1 heterocycles.